The average Bonchev–Trinajstić information content (AvgIpc) is 3.06. The van der Waals surface area contributed by atoms with Crippen molar-refractivity contribution in [2.24, 2.45) is 0 Å². The van der Waals surface area contributed by atoms with Gasteiger partial charge in [0.05, 0.1) is 24.9 Å². The van der Waals surface area contributed by atoms with Crippen molar-refractivity contribution in [3.05, 3.63) is 42.5 Å². The van der Waals surface area contributed by atoms with Crippen LogP contribution in [0.3, 0.4) is 0 Å². The zero-order chi connectivity index (χ0) is 15.8. The lowest BCUT2D eigenvalue weighted by molar-refractivity contribution is -0.120. The monoisotopic (exact) mass is 303 g/mol. The summed E-state index contributed by atoms with van der Waals surface area (Å²) in [5, 5.41) is 10.0. The molecule has 1 amide bonds. The van der Waals surface area contributed by atoms with E-state index >= 15 is 0 Å². The van der Waals surface area contributed by atoms with Crippen LogP contribution < -0.4 is 10.6 Å². The van der Waals surface area contributed by atoms with Gasteiger partial charge in [-0.25, -0.2) is 9.67 Å². The molecule has 0 fully saturated rings. The van der Waals surface area contributed by atoms with Crippen LogP contribution in [0.25, 0.3) is 5.69 Å². The van der Waals surface area contributed by atoms with E-state index in [1.807, 2.05) is 31.2 Å². The quantitative estimate of drug-likeness (QED) is 0.701. The van der Waals surface area contributed by atoms with E-state index in [0.717, 1.165) is 11.3 Å². The van der Waals surface area contributed by atoms with Crippen molar-refractivity contribution in [2.75, 3.05) is 26.8 Å². The minimum absolute atomic E-state index is 0.0380. The molecule has 1 aromatic carbocycles. The van der Waals surface area contributed by atoms with Gasteiger partial charge in [-0.05, 0) is 24.6 Å². The van der Waals surface area contributed by atoms with Gasteiger partial charge >= 0.3 is 0 Å². The van der Waals surface area contributed by atoms with Gasteiger partial charge in [0.15, 0.2) is 0 Å². The number of carbonyl (C=O) groups excluding carboxylic acids is 1. The third kappa shape index (κ3) is 4.64. The van der Waals surface area contributed by atoms with E-state index in [2.05, 4.69) is 20.7 Å². The van der Waals surface area contributed by atoms with Crippen LogP contribution in [0.2, 0.25) is 0 Å². The van der Waals surface area contributed by atoms with Gasteiger partial charge in [-0.15, -0.1) is 0 Å². The van der Waals surface area contributed by atoms with Gasteiger partial charge in [0.25, 0.3) is 0 Å². The molecular formula is C15H21N5O2. The van der Waals surface area contributed by atoms with Crippen molar-refractivity contribution in [3.8, 4) is 5.69 Å². The van der Waals surface area contributed by atoms with E-state index in [4.69, 9.17) is 4.74 Å². The summed E-state index contributed by atoms with van der Waals surface area (Å²) < 4.78 is 6.60. The second-order valence-corrected chi connectivity index (χ2v) is 4.89. The standard InChI is InChI=1S/C15H21N5O2/c1-12(19-15(21)9-16-7-8-22-2)13-3-5-14(6-4-13)20-11-17-10-18-20/h3-6,10-12,16H,7-9H2,1-2H3,(H,19,21). The minimum Gasteiger partial charge on any atom is -0.383 e. The van der Waals surface area contributed by atoms with Crippen LogP contribution in [-0.4, -0.2) is 47.5 Å². The number of hydrogen-bond acceptors (Lipinski definition) is 5. The first-order valence-electron chi connectivity index (χ1n) is 7.14. The Hall–Kier alpha value is -2.25. The lowest BCUT2D eigenvalue weighted by Gasteiger charge is -2.15. The van der Waals surface area contributed by atoms with Crippen LogP contribution in [0, 0.1) is 0 Å². The number of nitrogens with one attached hydrogen (secondary N) is 2. The molecule has 7 nitrogen and oxygen atoms in total. The Morgan fingerprint density at radius 2 is 2.14 bits per heavy atom. The zero-order valence-corrected chi connectivity index (χ0v) is 12.8. The van der Waals surface area contributed by atoms with Crippen LogP contribution in [-0.2, 0) is 9.53 Å². The van der Waals surface area contributed by atoms with Crippen molar-refractivity contribution in [2.45, 2.75) is 13.0 Å². The topological polar surface area (TPSA) is 81.1 Å². The number of amides is 1. The zero-order valence-electron chi connectivity index (χ0n) is 12.8. The van der Waals surface area contributed by atoms with Crippen LogP contribution in [0.4, 0.5) is 0 Å². The number of hydrogen-bond donors (Lipinski definition) is 2. The van der Waals surface area contributed by atoms with Crippen LogP contribution >= 0.6 is 0 Å². The minimum atomic E-state index is -0.0541. The molecule has 1 aromatic heterocycles. The number of rotatable bonds is 8. The van der Waals surface area contributed by atoms with Crippen LogP contribution in [0.15, 0.2) is 36.9 Å². The predicted molar refractivity (Wildman–Crippen MR) is 82.7 cm³/mol. The Morgan fingerprint density at radius 1 is 1.36 bits per heavy atom. The van der Waals surface area contributed by atoms with Gasteiger partial charge in [-0.3, -0.25) is 4.79 Å². The molecule has 0 aliphatic rings. The number of aromatic nitrogens is 3. The third-order valence-corrected chi connectivity index (χ3v) is 3.22. The average molecular weight is 303 g/mol. The summed E-state index contributed by atoms with van der Waals surface area (Å²) in [5.74, 6) is -0.0380. The highest BCUT2D eigenvalue weighted by atomic mass is 16.5. The summed E-state index contributed by atoms with van der Waals surface area (Å²) in [5.41, 5.74) is 1.97. The van der Waals surface area contributed by atoms with Crippen molar-refractivity contribution < 1.29 is 9.53 Å². The van der Waals surface area contributed by atoms with Crippen molar-refractivity contribution in [1.29, 1.82) is 0 Å². The second kappa shape index (κ2) is 8.26. The Kier molecular flexibility index (Phi) is 6.05. The summed E-state index contributed by atoms with van der Waals surface area (Å²) in [6.07, 6.45) is 3.14. The number of nitrogens with zero attached hydrogens (tertiary/aromatic N) is 3. The molecule has 118 valence electrons. The molecule has 1 unspecified atom stereocenters. The third-order valence-electron chi connectivity index (χ3n) is 3.22. The maximum atomic E-state index is 11.8. The highest BCUT2D eigenvalue weighted by Gasteiger charge is 2.09. The Labute approximate surface area is 129 Å². The molecule has 1 heterocycles. The highest BCUT2D eigenvalue weighted by Crippen LogP contribution is 2.14. The van der Waals surface area contributed by atoms with E-state index in [-0.39, 0.29) is 18.5 Å². The fourth-order valence-electron chi connectivity index (χ4n) is 2.01. The molecule has 7 heteroatoms. The molecule has 0 aliphatic carbocycles. The smallest absolute Gasteiger partial charge is 0.234 e. The van der Waals surface area contributed by atoms with Crippen LogP contribution in [0.1, 0.15) is 18.5 Å². The normalized spacial score (nSPS) is 12.1. The molecule has 0 aliphatic heterocycles. The van der Waals surface area contributed by atoms with E-state index in [1.165, 1.54) is 6.33 Å². The molecule has 2 aromatic rings. The van der Waals surface area contributed by atoms with Gasteiger partial charge in [-0.1, -0.05) is 12.1 Å². The summed E-state index contributed by atoms with van der Waals surface area (Å²) in [6.45, 7) is 3.49. The Bertz CT molecular complexity index is 568. The molecule has 0 bridgehead atoms. The molecular weight excluding hydrogens is 282 g/mol. The summed E-state index contributed by atoms with van der Waals surface area (Å²) in [4.78, 5) is 15.7. The maximum Gasteiger partial charge on any atom is 0.234 e. The van der Waals surface area contributed by atoms with E-state index < -0.39 is 0 Å². The van der Waals surface area contributed by atoms with E-state index in [1.54, 1.807) is 18.1 Å². The first kappa shape index (κ1) is 16.1. The van der Waals surface area contributed by atoms with Gasteiger partial charge in [0.2, 0.25) is 5.91 Å². The molecule has 2 rings (SSSR count). The van der Waals surface area contributed by atoms with Gasteiger partial charge < -0.3 is 15.4 Å². The predicted octanol–water partition coefficient (Wildman–Crippen LogP) is 0.681. The number of benzene rings is 1. The van der Waals surface area contributed by atoms with Crippen molar-refractivity contribution in [1.82, 2.24) is 25.4 Å². The molecule has 0 saturated heterocycles. The molecule has 0 spiro atoms. The lowest BCUT2D eigenvalue weighted by atomic mass is 10.1. The highest BCUT2D eigenvalue weighted by molar-refractivity contribution is 5.78. The fraction of sp³-hybridized carbons (Fsp3) is 0.400. The molecule has 22 heavy (non-hydrogen) atoms. The van der Waals surface area contributed by atoms with Crippen LogP contribution in [0.5, 0.6) is 0 Å². The molecule has 2 N–H and O–H groups in total. The Balaban J connectivity index is 1.84. The molecule has 0 saturated carbocycles. The summed E-state index contributed by atoms with van der Waals surface area (Å²) in [6, 6.07) is 7.79. The number of carbonyl (C=O) groups is 1. The van der Waals surface area contributed by atoms with E-state index in [0.29, 0.717) is 13.2 Å². The van der Waals surface area contributed by atoms with Crippen molar-refractivity contribution >= 4 is 5.91 Å². The second-order valence-electron chi connectivity index (χ2n) is 4.89. The number of methoxy groups -OCH3 is 1. The summed E-state index contributed by atoms with van der Waals surface area (Å²) >= 11 is 0. The first-order chi connectivity index (χ1) is 10.7. The Morgan fingerprint density at radius 3 is 2.77 bits per heavy atom. The van der Waals surface area contributed by atoms with Crippen molar-refractivity contribution in [3.63, 3.8) is 0 Å². The largest absolute Gasteiger partial charge is 0.383 e. The molecule has 0 radical (unpaired) electrons. The summed E-state index contributed by atoms with van der Waals surface area (Å²) in [7, 11) is 1.63. The van der Waals surface area contributed by atoms with Gasteiger partial charge in [0, 0.05) is 13.7 Å². The maximum absolute atomic E-state index is 11.8. The van der Waals surface area contributed by atoms with Gasteiger partial charge in [-0.2, -0.15) is 5.10 Å². The molecule has 1 atom stereocenters. The van der Waals surface area contributed by atoms with E-state index in [9.17, 15) is 4.79 Å². The number of ether oxygens (including phenoxy) is 1. The first-order valence-corrected chi connectivity index (χ1v) is 7.14. The fourth-order valence-corrected chi connectivity index (χ4v) is 2.01. The van der Waals surface area contributed by atoms with Gasteiger partial charge in [0.1, 0.15) is 12.7 Å². The SMILES string of the molecule is COCCNCC(=O)NC(C)c1ccc(-n2cncn2)cc1. The lowest BCUT2D eigenvalue weighted by Crippen LogP contribution is -2.36.